The van der Waals surface area contributed by atoms with Crippen molar-refractivity contribution < 1.29 is 23.8 Å². The van der Waals surface area contributed by atoms with Crippen LogP contribution < -0.4 is 10.5 Å². The van der Waals surface area contributed by atoms with Gasteiger partial charge in [-0.15, -0.1) is 0 Å². The molecule has 0 saturated heterocycles. The maximum absolute atomic E-state index is 12.4. The quantitative estimate of drug-likeness (QED) is 0.203. The second-order valence-electron chi connectivity index (χ2n) is 8.37. The molecule has 0 heterocycles. The van der Waals surface area contributed by atoms with Crippen molar-refractivity contribution in [3.05, 3.63) is 88.9 Å². The summed E-state index contributed by atoms with van der Waals surface area (Å²) in [6.07, 6.45) is 1.10. The monoisotopic (exact) mass is 541 g/mol. The Kier molecular flexibility index (Phi) is 10.9. The number of benzene rings is 3. The predicted octanol–water partition coefficient (Wildman–Crippen LogP) is 6.22. The molecule has 0 atom stereocenters. The highest BCUT2D eigenvalue weighted by molar-refractivity contribution is 7.99. The van der Waals surface area contributed by atoms with E-state index in [1.807, 2.05) is 72.8 Å². The summed E-state index contributed by atoms with van der Waals surface area (Å²) in [5, 5.41) is 0.608. The van der Waals surface area contributed by atoms with Crippen molar-refractivity contribution in [2.24, 2.45) is 5.73 Å². The molecule has 0 radical (unpaired) electrons. The number of aryl methyl sites for hydroxylation is 1. The summed E-state index contributed by atoms with van der Waals surface area (Å²) in [5.41, 5.74) is 6.32. The Hall–Kier alpha value is -3.00. The first-order valence-corrected chi connectivity index (χ1v) is 13.4. The Morgan fingerprint density at radius 1 is 0.892 bits per heavy atom. The number of carbonyl (C=O) groups is 2. The van der Waals surface area contributed by atoms with Crippen LogP contribution in [-0.4, -0.2) is 30.7 Å². The van der Waals surface area contributed by atoms with E-state index in [1.165, 1.54) is 0 Å². The summed E-state index contributed by atoms with van der Waals surface area (Å²) < 4.78 is 16.0. The number of hydrogen-bond donors (Lipinski definition) is 1. The van der Waals surface area contributed by atoms with Gasteiger partial charge >= 0.3 is 11.9 Å². The highest BCUT2D eigenvalue weighted by atomic mass is 35.5. The van der Waals surface area contributed by atoms with Crippen LogP contribution in [0.2, 0.25) is 5.02 Å². The lowest BCUT2D eigenvalue weighted by molar-refractivity contribution is -0.164. The van der Waals surface area contributed by atoms with Crippen LogP contribution in [0.3, 0.4) is 0 Å². The largest absolute Gasteiger partial charge is 0.489 e. The van der Waals surface area contributed by atoms with E-state index in [1.54, 1.807) is 25.6 Å². The van der Waals surface area contributed by atoms with E-state index in [0.29, 0.717) is 24.5 Å². The maximum Gasteiger partial charge on any atom is 0.337 e. The van der Waals surface area contributed by atoms with Crippen LogP contribution in [0.4, 0.5) is 0 Å². The third-order valence-corrected chi connectivity index (χ3v) is 6.94. The van der Waals surface area contributed by atoms with Gasteiger partial charge in [-0.3, -0.25) is 0 Å². The first-order valence-electron chi connectivity index (χ1n) is 12.2. The Labute approximate surface area is 227 Å². The van der Waals surface area contributed by atoms with Gasteiger partial charge in [-0.1, -0.05) is 65.8 Å². The Bertz CT molecular complexity index is 1170. The van der Waals surface area contributed by atoms with Crippen molar-refractivity contribution in [2.75, 3.05) is 13.2 Å². The molecule has 0 saturated carbocycles. The number of esters is 2. The van der Waals surface area contributed by atoms with Crippen LogP contribution in [0.5, 0.6) is 5.75 Å². The fourth-order valence-electron chi connectivity index (χ4n) is 3.66. The molecule has 0 fully saturated rings. The van der Waals surface area contributed by atoms with Gasteiger partial charge in [0.25, 0.3) is 0 Å². The number of halogens is 1. The van der Waals surface area contributed by atoms with Crippen molar-refractivity contribution in [2.45, 2.75) is 55.0 Å². The SMILES string of the molecule is CCOC(=O)C(N)(CCCc1ccc(Sc2cccc(OCc3ccccc3)c2)cc1Cl)C(=O)OCC. The molecule has 37 heavy (non-hydrogen) atoms. The van der Waals surface area contributed by atoms with Crippen LogP contribution in [0.1, 0.15) is 37.8 Å². The topological polar surface area (TPSA) is 87.9 Å². The standard InChI is InChI=1S/C29H32ClNO5S/c1-3-34-27(32)29(31,28(33)35-4-2)17-9-12-22-15-16-25(19-26(22)30)37-24-14-8-13-23(18-24)36-20-21-10-6-5-7-11-21/h5-8,10-11,13-16,18-19H,3-4,9,12,17,20,31H2,1-2H3. The normalized spacial score (nSPS) is 11.1. The van der Waals surface area contributed by atoms with Gasteiger partial charge < -0.3 is 19.9 Å². The summed E-state index contributed by atoms with van der Waals surface area (Å²) >= 11 is 8.15. The Balaban J connectivity index is 1.59. The van der Waals surface area contributed by atoms with Gasteiger partial charge in [0.1, 0.15) is 12.4 Å². The van der Waals surface area contributed by atoms with Gasteiger partial charge in [-0.25, -0.2) is 9.59 Å². The molecule has 2 N–H and O–H groups in total. The van der Waals surface area contributed by atoms with Crippen molar-refractivity contribution >= 4 is 35.3 Å². The van der Waals surface area contributed by atoms with Crippen LogP contribution in [-0.2, 0) is 32.1 Å². The van der Waals surface area contributed by atoms with Crippen LogP contribution in [0.25, 0.3) is 0 Å². The van der Waals surface area contributed by atoms with E-state index in [9.17, 15) is 9.59 Å². The highest BCUT2D eigenvalue weighted by Crippen LogP contribution is 2.33. The zero-order valence-corrected chi connectivity index (χ0v) is 22.6. The first kappa shape index (κ1) is 28.6. The van der Waals surface area contributed by atoms with Crippen LogP contribution in [0, 0.1) is 0 Å². The molecule has 0 unspecified atom stereocenters. The van der Waals surface area contributed by atoms with E-state index >= 15 is 0 Å². The van der Waals surface area contributed by atoms with E-state index in [2.05, 4.69) is 0 Å². The minimum atomic E-state index is -1.83. The minimum absolute atomic E-state index is 0.0905. The molecule has 6 nitrogen and oxygen atoms in total. The molecule has 8 heteroatoms. The zero-order chi connectivity index (χ0) is 26.7. The molecule has 0 aliphatic rings. The van der Waals surface area contributed by atoms with Gasteiger partial charge in [0.2, 0.25) is 5.54 Å². The maximum atomic E-state index is 12.4. The summed E-state index contributed by atoms with van der Waals surface area (Å²) in [7, 11) is 0. The number of nitrogens with two attached hydrogens (primary N) is 1. The number of rotatable bonds is 13. The number of carbonyl (C=O) groups excluding carboxylic acids is 2. The van der Waals surface area contributed by atoms with E-state index in [4.69, 9.17) is 31.5 Å². The van der Waals surface area contributed by atoms with E-state index < -0.39 is 17.5 Å². The average Bonchev–Trinajstić information content (AvgIpc) is 2.89. The van der Waals surface area contributed by atoms with Crippen molar-refractivity contribution in [1.82, 2.24) is 0 Å². The fourth-order valence-corrected chi connectivity index (χ4v) is 4.91. The lowest BCUT2D eigenvalue weighted by atomic mass is 9.92. The smallest absolute Gasteiger partial charge is 0.337 e. The van der Waals surface area contributed by atoms with Crippen molar-refractivity contribution in [3.8, 4) is 5.75 Å². The molecule has 3 aromatic carbocycles. The third-order valence-electron chi connectivity index (χ3n) is 5.61. The second kappa shape index (κ2) is 14.1. The molecular formula is C29H32ClNO5S. The Morgan fingerprint density at radius 3 is 2.22 bits per heavy atom. The molecule has 0 spiro atoms. The van der Waals surface area contributed by atoms with Gasteiger partial charge in [-0.05, 0) is 74.6 Å². The van der Waals surface area contributed by atoms with Crippen molar-refractivity contribution in [1.29, 1.82) is 0 Å². The molecule has 0 aliphatic carbocycles. The van der Waals surface area contributed by atoms with Crippen LogP contribution >= 0.6 is 23.4 Å². The summed E-state index contributed by atoms with van der Waals surface area (Å²) in [6.45, 7) is 4.09. The summed E-state index contributed by atoms with van der Waals surface area (Å²) in [5.74, 6) is -0.757. The molecule has 0 aliphatic heterocycles. The van der Waals surface area contributed by atoms with Crippen molar-refractivity contribution in [3.63, 3.8) is 0 Å². The van der Waals surface area contributed by atoms with Gasteiger partial charge in [0.15, 0.2) is 0 Å². The number of hydrogen-bond acceptors (Lipinski definition) is 7. The zero-order valence-electron chi connectivity index (χ0n) is 21.1. The summed E-state index contributed by atoms with van der Waals surface area (Å²) in [6, 6.07) is 23.8. The Morgan fingerprint density at radius 2 is 1.57 bits per heavy atom. The van der Waals surface area contributed by atoms with Gasteiger partial charge in [0, 0.05) is 14.8 Å². The minimum Gasteiger partial charge on any atom is -0.489 e. The summed E-state index contributed by atoms with van der Waals surface area (Å²) in [4.78, 5) is 26.7. The lowest BCUT2D eigenvalue weighted by Crippen LogP contribution is -2.56. The molecular weight excluding hydrogens is 510 g/mol. The highest BCUT2D eigenvalue weighted by Gasteiger charge is 2.44. The molecule has 0 bridgehead atoms. The molecule has 196 valence electrons. The third kappa shape index (κ3) is 8.25. The van der Waals surface area contributed by atoms with E-state index in [0.717, 1.165) is 26.7 Å². The number of ether oxygens (including phenoxy) is 3. The van der Waals surface area contributed by atoms with Gasteiger partial charge in [0.05, 0.1) is 13.2 Å². The predicted molar refractivity (Wildman–Crippen MR) is 146 cm³/mol. The lowest BCUT2D eigenvalue weighted by Gasteiger charge is -2.24. The van der Waals surface area contributed by atoms with Crippen LogP contribution in [0.15, 0.2) is 82.6 Å². The van der Waals surface area contributed by atoms with E-state index in [-0.39, 0.29) is 19.6 Å². The molecule has 0 aromatic heterocycles. The first-order chi connectivity index (χ1) is 17.9. The second-order valence-corrected chi connectivity index (χ2v) is 9.92. The van der Waals surface area contributed by atoms with Gasteiger partial charge in [-0.2, -0.15) is 0 Å². The molecule has 3 rings (SSSR count). The average molecular weight is 542 g/mol. The molecule has 0 amide bonds. The fraction of sp³-hybridized carbons (Fsp3) is 0.310. The molecule has 3 aromatic rings.